The molecule has 2 aromatic heterocycles. The average Bonchev–Trinajstić information content (AvgIpc) is 3.78. The molecule has 2 atom stereocenters. The Balaban J connectivity index is 0.811. The van der Waals surface area contributed by atoms with Crippen LogP contribution in [-0.4, -0.2) is 120 Å². The number of carbonyl (C=O) groups is 3. The van der Waals surface area contributed by atoms with E-state index in [1.807, 2.05) is 30.6 Å². The van der Waals surface area contributed by atoms with Crippen molar-refractivity contribution in [2.75, 3.05) is 69.3 Å². The van der Waals surface area contributed by atoms with E-state index in [1.165, 1.54) is 0 Å². The summed E-state index contributed by atoms with van der Waals surface area (Å²) in [6.45, 7) is 16.9. The van der Waals surface area contributed by atoms with E-state index in [0.29, 0.717) is 30.2 Å². The van der Waals surface area contributed by atoms with Gasteiger partial charge in [-0.3, -0.25) is 24.6 Å². The average molecular weight is 820 g/mol. The number of fused-ring (bicyclic) bond motifs is 2. The standard InChI is InChI=1S/C46H58FN9O4/c1-29(50-28-46(3,4)47)22-36-35-8-6-7-9-37(35)51-42(36)30(2)33-25-48-45(49-26-33)55-16-13-31(14-17-55)12-15-53-18-20-54(21-19-53)34-23-32-27-56(38-10-11-40(57)52-43(38)58)44(59)41(32)39(24-34)60-5/h6-9,23-26,29,31,38,50-51H,2,10-22,27-28H2,1,3-5H3,(H,52,57,58)/t29-,38?/m1/s1. The van der Waals surface area contributed by atoms with Gasteiger partial charge in [0, 0.05) is 117 Å². The zero-order valence-electron chi connectivity index (χ0n) is 35.4. The molecule has 2 aromatic carbocycles. The van der Waals surface area contributed by atoms with Crippen molar-refractivity contribution >= 4 is 45.8 Å². The smallest absolute Gasteiger partial charge is 0.258 e. The number of halogens is 1. The predicted molar refractivity (Wildman–Crippen MR) is 232 cm³/mol. The van der Waals surface area contributed by atoms with Gasteiger partial charge in [-0.1, -0.05) is 24.8 Å². The minimum atomic E-state index is -1.28. The monoisotopic (exact) mass is 819 g/mol. The number of amides is 3. The predicted octanol–water partition coefficient (Wildman–Crippen LogP) is 5.49. The van der Waals surface area contributed by atoms with Crippen LogP contribution in [0.2, 0.25) is 0 Å². The minimum absolute atomic E-state index is 0.0720. The number of H-pyrrole nitrogens is 1. The Morgan fingerprint density at radius 2 is 1.75 bits per heavy atom. The van der Waals surface area contributed by atoms with Crippen molar-refractivity contribution in [3.63, 3.8) is 0 Å². The fourth-order valence-electron chi connectivity index (χ4n) is 9.26. The van der Waals surface area contributed by atoms with E-state index in [-0.39, 0.29) is 30.8 Å². The first-order valence-corrected chi connectivity index (χ1v) is 21.5. The second kappa shape index (κ2) is 17.3. The quantitative estimate of drug-likeness (QED) is 0.140. The number of rotatable bonds is 14. The number of alkyl halides is 1. The van der Waals surface area contributed by atoms with Crippen LogP contribution in [-0.2, 0) is 22.6 Å². The number of ether oxygens (including phenoxy) is 1. The summed E-state index contributed by atoms with van der Waals surface area (Å²) in [7, 11) is 1.58. The summed E-state index contributed by atoms with van der Waals surface area (Å²) >= 11 is 0. The lowest BCUT2D eigenvalue weighted by Crippen LogP contribution is -2.52. The molecule has 0 bridgehead atoms. The van der Waals surface area contributed by atoms with Crippen LogP contribution in [0, 0.1) is 5.92 Å². The molecule has 4 aromatic rings. The third kappa shape index (κ3) is 8.90. The van der Waals surface area contributed by atoms with Crippen LogP contribution in [0.4, 0.5) is 16.0 Å². The molecule has 6 heterocycles. The molecular weight excluding hydrogens is 762 g/mol. The van der Waals surface area contributed by atoms with Crippen molar-refractivity contribution in [2.24, 2.45) is 5.92 Å². The molecule has 8 rings (SSSR count). The molecule has 0 aliphatic carbocycles. The number of hydrogen-bond donors (Lipinski definition) is 3. The summed E-state index contributed by atoms with van der Waals surface area (Å²) in [4.78, 5) is 59.7. The Hall–Kier alpha value is -5.34. The van der Waals surface area contributed by atoms with Crippen LogP contribution in [0.3, 0.4) is 0 Å². The summed E-state index contributed by atoms with van der Waals surface area (Å²) in [6, 6.07) is 11.7. The Morgan fingerprint density at radius 1 is 1.02 bits per heavy atom. The molecule has 0 radical (unpaired) electrons. The summed E-state index contributed by atoms with van der Waals surface area (Å²) < 4.78 is 19.9. The highest BCUT2D eigenvalue weighted by Gasteiger charge is 2.41. The highest BCUT2D eigenvalue weighted by molar-refractivity contribution is 6.07. The van der Waals surface area contributed by atoms with Crippen LogP contribution >= 0.6 is 0 Å². The first kappa shape index (κ1) is 41.4. The van der Waals surface area contributed by atoms with E-state index in [1.54, 1.807) is 25.9 Å². The highest BCUT2D eigenvalue weighted by atomic mass is 19.1. The Kier molecular flexibility index (Phi) is 12.0. The van der Waals surface area contributed by atoms with Crippen molar-refractivity contribution < 1.29 is 23.5 Å². The first-order valence-electron chi connectivity index (χ1n) is 21.5. The van der Waals surface area contributed by atoms with Gasteiger partial charge < -0.3 is 29.7 Å². The van der Waals surface area contributed by atoms with Gasteiger partial charge in [-0.25, -0.2) is 14.4 Å². The van der Waals surface area contributed by atoms with Crippen LogP contribution < -0.4 is 25.2 Å². The Bertz CT molecular complexity index is 2240. The largest absolute Gasteiger partial charge is 0.496 e. The van der Waals surface area contributed by atoms with Gasteiger partial charge in [0.25, 0.3) is 5.91 Å². The molecule has 4 aliphatic heterocycles. The maximum absolute atomic E-state index is 14.2. The van der Waals surface area contributed by atoms with Crippen LogP contribution in [0.5, 0.6) is 5.75 Å². The molecule has 3 N–H and O–H groups in total. The van der Waals surface area contributed by atoms with E-state index >= 15 is 0 Å². The number of nitrogens with one attached hydrogen (secondary N) is 3. The van der Waals surface area contributed by atoms with Gasteiger partial charge in [-0.2, -0.15) is 0 Å². The molecule has 1 unspecified atom stereocenters. The number of aromatic nitrogens is 3. The molecule has 14 heteroatoms. The van der Waals surface area contributed by atoms with Crippen LogP contribution in [0.25, 0.3) is 16.5 Å². The van der Waals surface area contributed by atoms with E-state index in [9.17, 15) is 18.8 Å². The van der Waals surface area contributed by atoms with Crippen LogP contribution in [0.15, 0.2) is 55.4 Å². The van der Waals surface area contributed by atoms with Gasteiger partial charge >= 0.3 is 0 Å². The minimum Gasteiger partial charge on any atom is -0.496 e. The topological polar surface area (TPSA) is 139 Å². The van der Waals surface area contributed by atoms with Crippen molar-refractivity contribution in [3.8, 4) is 5.75 Å². The number of hydrogen-bond acceptors (Lipinski definition) is 10. The molecule has 13 nitrogen and oxygen atoms in total. The second-order valence-corrected chi connectivity index (χ2v) is 17.6. The number of aromatic amines is 1. The fourth-order valence-corrected chi connectivity index (χ4v) is 9.26. The van der Waals surface area contributed by atoms with Gasteiger partial charge in [0.1, 0.15) is 17.5 Å². The van der Waals surface area contributed by atoms with Gasteiger partial charge in [0.05, 0.1) is 12.7 Å². The Labute approximate surface area is 351 Å². The number of anilines is 2. The summed E-state index contributed by atoms with van der Waals surface area (Å²) in [5.41, 5.74) is 5.98. The van der Waals surface area contributed by atoms with Gasteiger partial charge in [-0.15, -0.1) is 0 Å². The molecular formula is C46H58FN9O4. The van der Waals surface area contributed by atoms with Crippen LogP contribution in [0.1, 0.15) is 85.6 Å². The third-order valence-electron chi connectivity index (χ3n) is 12.8. The maximum Gasteiger partial charge on any atom is 0.258 e. The lowest BCUT2D eigenvalue weighted by atomic mass is 9.93. The van der Waals surface area contributed by atoms with Gasteiger partial charge in [0.2, 0.25) is 17.8 Å². The van der Waals surface area contributed by atoms with E-state index < -0.39 is 17.6 Å². The third-order valence-corrected chi connectivity index (χ3v) is 12.8. The molecule has 60 heavy (non-hydrogen) atoms. The first-order chi connectivity index (χ1) is 28.8. The zero-order chi connectivity index (χ0) is 42.1. The molecule has 3 amide bonds. The summed E-state index contributed by atoms with van der Waals surface area (Å²) in [6.07, 6.45) is 8.41. The van der Waals surface area contributed by atoms with E-state index in [4.69, 9.17) is 14.7 Å². The van der Waals surface area contributed by atoms with Crippen molar-refractivity contribution in [2.45, 2.75) is 83.6 Å². The summed E-state index contributed by atoms with van der Waals surface area (Å²) in [5.74, 6) is 0.995. The highest BCUT2D eigenvalue weighted by Crippen LogP contribution is 2.38. The van der Waals surface area contributed by atoms with E-state index in [0.717, 1.165) is 122 Å². The SMILES string of the molecule is C=C(c1cnc(N2CCC(CCN3CCN(c4cc5c(c(OC)c4)C(=O)N(C4CCC(=O)NC4=O)C5)CC3)CC2)nc1)c1[nH]c2ccccc2c1C[C@@H](C)NCC(C)(C)F. The molecule has 0 spiro atoms. The number of piperazine rings is 1. The number of nitrogens with zero attached hydrogens (tertiary/aromatic N) is 6. The zero-order valence-corrected chi connectivity index (χ0v) is 35.4. The number of benzene rings is 2. The van der Waals surface area contributed by atoms with Crippen molar-refractivity contribution in [1.82, 2.24) is 35.4 Å². The number of para-hydroxylation sites is 1. The molecule has 318 valence electrons. The second-order valence-electron chi connectivity index (χ2n) is 17.6. The number of imide groups is 1. The molecule has 3 saturated heterocycles. The maximum atomic E-state index is 14.2. The normalized spacial score (nSPS) is 19.9. The van der Waals surface area contributed by atoms with E-state index in [2.05, 4.69) is 62.0 Å². The number of carbonyl (C=O) groups excluding carboxylic acids is 3. The van der Waals surface area contributed by atoms with Gasteiger partial charge in [0.15, 0.2) is 0 Å². The molecule has 3 fully saturated rings. The molecule has 0 saturated carbocycles. The van der Waals surface area contributed by atoms with Crippen molar-refractivity contribution in [1.29, 1.82) is 0 Å². The fraction of sp³-hybridized carbons (Fsp3) is 0.500. The number of piperidine rings is 2. The van der Waals surface area contributed by atoms with Crippen molar-refractivity contribution in [3.05, 3.63) is 83.3 Å². The number of methoxy groups -OCH3 is 1. The summed E-state index contributed by atoms with van der Waals surface area (Å²) in [5, 5.41) is 6.87. The van der Waals surface area contributed by atoms with Gasteiger partial charge in [-0.05, 0) is 88.6 Å². The lowest BCUT2D eigenvalue weighted by Gasteiger charge is -2.38. The molecule has 4 aliphatic rings. The lowest BCUT2D eigenvalue weighted by molar-refractivity contribution is -0.136. The Morgan fingerprint density at radius 3 is 2.45 bits per heavy atom.